The first kappa shape index (κ1) is 14.8. The highest BCUT2D eigenvalue weighted by Gasteiger charge is 2.26. The van der Waals surface area contributed by atoms with Gasteiger partial charge in [-0.15, -0.1) is 0 Å². The third-order valence-corrected chi connectivity index (χ3v) is 3.93. The summed E-state index contributed by atoms with van der Waals surface area (Å²) in [5.74, 6) is 0.0636. The summed E-state index contributed by atoms with van der Waals surface area (Å²) < 4.78 is 0. The van der Waals surface area contributed by atoms with Crippen LogP contribution >= 0.6 is 11.6 Å². The van der Waals surface area contributed by atoms with Gasteiger partial charge in [0.05, 0.1) is 23.5 Å². The number of para-hydroxylation sites is 2. The van der Waals surface area contributed by atoms with Crippen molar-refractivity contribution in [2.45, 2.75) is 26.3 Å². The molecular weight excluding hydrogens is 296 g/mol. The molecule has 0 spiro atoms. The molecule has 3 nitrogen and oxygen atoms in total. The largest absolute Gasteiger partial charge is 0.307 e. The molecule has 1 aliphatic rings. The van der Waals surface area contributed by atoms with Gasteiger partial charge in [0, 0.05) is 11.1 Å². The van der Waals surface area contributed by atoms with E-state index in [1.54, 1.807) is 0 Å². The summed E-state index contributed by atoms with van der Waals surface area (Å²) in [6, 6.07) is 15.3. The molecule has 0 aliphatic carbocycles. The van der Waals surface area contributed by atoms with Crippen LogP contribution in [0.2, 0.25) is 5.02 Å². The number of carbonyl (C=O) groups excluding carboxylic acids is 1. The van der Waals surface area contributed by atoms with Crippen LogP contribution in [0.25, 0.3) is 0 Å². The molecule has 3 rings (SSSR count). The van der Waals surface area contributed by atoms with E-state index in [2.05, 4.69) is 0 Å². The van der Waals surface area contributed by atoms with E-state index >= 15 is 0 Å². The number of amides is 1. The minimum Gasteiger partial charge on any atom is -0.307 e. The van der Waals surface area contributed by atoms with Crippen LogP contribution in [0, 0.1) is 0 Å². The molecule has 0 radical (unpaired) electrons. The molecule has 0 saturated heterocycles. The Morgan fingerprint density at radius 3 is 2.45 bits per heavy atom. The summed E-state index contributed by atoms with van der Waals surface area (Å²) in [6.45, 7) is 4.03. The molecule has 0 fully saturated rings. The number of rotatable bonds is 2. The summed E-state index contributed by atoms with van der Waals surface area (Å²) in [5.41, 5.74) is 3.40. The Morgan fingerprint density at radius 2 is 1.77 bits per heavy atom. The Kier molecular flexibility index (Phi) is 3.99. The second-order valence-electron chi connectivity index (χ2n) is 5.59. The van der Waals surface area contributed by atoms with Crippen molar-refractivity contribution in [2.75, 3.05) is 4.90 Å². The Morgan fingerprint density at radius 1 is 1.09 bits per heavy atom. The third kappa shape index (κ3) is 2.77. The van der Waals surface area contributed by atoms with Crippen molar-refractivity contribution in [1.29, 1.82) is 0 Å². The SMILES string of the molecule is CC(C)N1C(=O)CC(c2ccc(Cl)cc2)=Nc2ccccc21. The number of carbonyl (C=O) groups is 1. The monoisotopic (exact) mass is 312 g/mol. The molecule has 0 aromatic heterocycles. The quantitative estimate of drug-likeness (QED) is 0.797. The summed E-state index contributed by atoms with van der Waals surface area (Å²) >= 11 is 5.94. The summed E-state index contributed by atoms with van der Waals surface area (Å²) in [5, 5.41) is 0.675. The minimum atomic E-state index is 0.0636. The van der Waals surface area contributed by atoms with Crippen molar-refractivity contribution in [3.05, 3.63) is 59.1 Å². The Bertz CT molecular complexity index is 735. The number of hydrogen-bond acceptors (Lipinski definition) is 2. The van der Waals surface area contributed by atoms with Crippen LogP contribution in [0.5, 0.6) is 0 Å². The van der Waals surface area contributed by atoms with Gasteiger partial charge in [-0.05, 0) is 43.7 Å². The molecule has 1 heterocycles. The number of fused-ring (bicyclic) bond motifs is 1. The molecule has 0 atom stereocenters. The number of nitrogens with zero attached hydrogens (tertiary/aromatic N) is 2. The first-order valence-electron chi connectivity index (χ1n) is 7.31. The van der Waals surface area contributed by atoms with Gasteiger partial charge in [0.25, 0.3) is 0 Å². The highest BCUT2D eigenvalue weighted by atomic mass is 35.5. The van der Waals surface area contributed by atoms with E-state index in [-0.39, 0.29) is 18.4 Å². The second-order valence-corrected chi connectivity index (χ2v) is 6.02. The number of halogens is 1. The van der Waals surface area contributed by atoms with Gasteiger partial charge in [-0.3, -0.25) is 9.79 Å². The average Bonchev–Trinajstić information content (AvgIpc) is 2.63. The van der Waals surface area contributed by atoms with Crippen LogP contribution in [0.3, 0.4) is 0 Å². The molecule has 1 aliphatic heterocycles. The van der Waals surface area contributed by atoms with Crippen molar-refractivity contribution in [3.8, 4) is 0 Å². The zero-order valence-corrected chi connectivity index (χ0v) is 13.3. The Labute approximate surface area is 135 Å². The van der Waals surface area contributed by atoms with E-state index in [9.17, 15) is 4.79 Å². The normalized spacial score (nSPS) is 14.6. The fourth-order valence-corrected chi connectivity index (χ4v) is 2.81. The lowest BCUT2D eigenvalue weighted by Gasteiger charge is -2.26. The lowest BCUT2D eigenvalue weighted by atomic mass is 10.1. The Hall–Kier alpha value is -2.13. The fraction of sp³-hybridized carbons (Fsp3) is 0.222. The summed E-state index contributed by atoms with van der Waals surface area (Å²) in [6.07, 6.45) is 0.286. The predicted octanol–water partition coefficient (Wildman–Crippen LogP) is 4.61. The average molecular weight is 313 g/mol. The van der Waals surface area contributed by atoms with Gasteiger partial charge in [0.2, 0.25) is 5.91 Å². The molecule has 22 heavy (non-hydrogen) atoms. The fourth-order valence-electron chi connectivity index (χ4n) is 2.69. The number of hydrogen-bond donors (Lipinski definition) is 0. The van der Waals surface area contributed by atoms with Crippen molar-refractivity contribution in [1.82, 2.24) is 0 Å². The highest BCUT2D eigenvalue weighted by molar-refractivity contribution is 6.30. The first-order valence-corrected chi connectivity index (χ1v) is 7.68. The number of aliphatic imine (C=N–C) groups is 1. The number of benzene rings is 2. The van der Waals surface area contributed by atoms with Crippen LogP contribution < -0.4 is 4.90 Å². The first-order chi connectivity index (χ1) is 10.6. The molecule has 1 amide bonds. The zero-order chi connectivity index (χ0) is 15.7. The number of anilines is 1. The van der Waals surface area contributed by atoms with E-state index in [4.69, 9.17) is 16.6 Å². The summed E-state index contributed by atoms with van der Waals surface area (Å²) in [7, 11) is 0. The second kappa shape index (κ2) is 5.93. The molecule has 2 aromatic rings. The van der Waals surface area contributed by atoms with Crippen LogP contribution in [0.4, 0.5) is 11.4 Å². The van der Waals surface area contributed by atoms with E-state index < -0.39 is 0 Å². The lowest BCUT2D eigenvalue weighted by molar-refractivity contribution is -0.117. The Balaban J connectivity index is 2.11. The molecule has 4 heteroatoms. The highest BCUT2D eigenvalue weighted by Crippen LogP contribution is 2.34. The van der Waals surface area contributed by atoms with Crippen LogP contribution in [0.1, 0.15) is 25.8 Å². The molecule has 0 bridgehead atoms. The van der Waals surface area contributed by atoms with Gasteiger partial charge >= 0.3 is 0 Å². The van der Waals surface area contributed by atoms with Crippen molar-refractivity contribution in [3.63, 3.8) is 0 Å². The molecule has 112 valence electrons. The molecule has 0 saturated carbocycles. The minimum absolute atomic E-state index is 0.0636. The smallest absolute Gasteiger partial charge is 0.233 e. The molecule has 0 N–H and O–H groups in total. The van der Waals surface area contributed by atoms with Gasteiger partial charge in [0.15, 0.2) is 0 Å². The van der Waals surface area contributed by atoms with Gasteiger partial charge in [-0.1, -0.05) is 35.9 Å². The summed E-state index contributed by atoms with van der Waals surface area (Å²) in [4.78, 5) is 19.2. The van der Waals surface area contributed by atoms with Crippen molar-refractivity contribution >= 4 is 34.6 Å². The maximum absolute atomic E-state index is 12.7. The lowest BCUT2D eigenvalue weighted by Crippen LogP contribution is -2.37. The van der Waals surface area contributed by atoms with E-state index in [0.717, 1.165) is 22.6 Å². The maximum atomic E-state index is 12.7. The van der Waals surface area contributed by atoms with Gasteiger partial charge in [-0.2, -0.15) is 0 Å². The zero-order valence-electron chi connectivity index (χ0n) is 12.6. The standard InChI is InChI=1S/C18H17ClN2O/c1-12(2)21-17-6-4-3-5-15(17)20-16(11-18(21)22)13-7-9-14(19)10-8-13/h3-10,12H,11H2,1-2H3. The van der Waals surface area contributed by atoms with E-state index in [1.165, 1.54) is 0 Å². The van der Waals surface area contributed by atoms with Crippen LogP contribution in [0.15, 0.2) is 53.5 Å². The van der Waals surface area contributed by atoms with Gasteiger partial charge in [0.1, 0.15) is 0 Å². The third-order valence-electron chi connectivity index (χ3n) is 3.68. The van der Waals surface area contributed by atoms with Crippen molar-refractivity contribution in [2.24, 2.45) is 4.99 Å². The van der Waals surface area contributed by atoms with Crippen molar-refractivity contribution < 1.29 is 4.79 Å². The predicted molar refractivity (Wildman–Crippen MR) is 91.3 cm³/mol. The van der Waals surface area contributed by atoms with Crippen LogP contribution in [-0.2, 0) is 4.79 Å². The van der Waals surface area contributed by atoms with Crippen LogP contribution in [-0.4, -0.2) is 17.7 Å². The molecule has 0 unspecified atom stereocenters. The van der Waals surface area contributed by atoms with E-state index in [1.807, 2.05) is 67.3 Å². The maximum Gasteiger partial charge on any atom is 0.233 e. The topological polar surface area (TPSA) is 32.7 Å². The molecule has 2 aromatic carbocycles. The van der Waals surface area contributed by atoms with Gasteiger partial charge < -0.3 is 4.90 Å². The van der Waals surface area contributed by atoms with Gasteiger partial charge in [-0.25, -0.2) is 0 Å². The molecular formula is C18H17ClN2O. The van der Waals surface area contributed by atoms with E-state index in [0.29, 0.717) is 5.02 Å².